The molecule has 0 aliphatic rings. The summed E-state index contributed by atoms with van der Waals surface area (Å²) < 4.78 is 0. The van der Waals surface area contributed by atoms with Crippen LogP contribution in [0.4, 0.5) is 5.13 Å². The second-order valence-electron chi connectivity index (χ2n) is 3.62. The Kier molecular flexibility index (Phi) is 2.69. The molecule has 1 aromatic heterocycles. The molecule has 0 saturated heterocycles. The van der Waals surface area contributed by atoms with Crippen LogP contribution in [-0.4, -0.2) is 17.1 Å². The smallest absolute Gasteiger partial charge is 0.182 e. The predicted octanol–water partition coefficient (Wildman–Crippen LogP) is 1.60. The van der Waals surface area contributed by atoms with Crippen molar-refractivity contribution in [2.75, 3.05) is 11.9 Å². The highest BCUT2D eigenvalue weighted by Crippen LogP contribution is 2.16. The SMILES string of the molecule is Cc1cnc(NCC(C)(C)N)s1. The number of thiazole rings is 1. The molecule has 0 unspecified atom stereocenters. The molecule has 0 bridgehead atoms. The molecule has 1 aromatic rings. The molecule has 0 aliphatic carbocycles. The lowest BCUT2D eigenvalue weighted by molar-refractivity contribution is 0.549. The van der Waals surface area contributed by atoms with E-state index in [0.717, 1.165) is 11.7 Å². The number of nitrogens with two attached hydrogens (primary N) is 1. The van der Waals surface area contributed by atoms with Crippen molar-refractivity contribution < 1.29 is 0 Å². The Morgan fingerprint density at radius 2 is 2.33 bits per heavy atom. The number of hydrogen-bond donors (Lipinski definition) is 2. The van der Waals surface area contributed by atoms with Gasteiger partial charge in [0.25, 0.3) is 0 Å². The molecule has 0 aromatic carbocycles. The van der Waals surface area contributed by atoms with Crippen molar-refractivity contribution in [1.29, 1.82) is 0 Å². The van der Waals surface area contributed by atoms with Crippen LogP contribution in [-0.2, 0) is 0 Å². The van der Waals surface area contributed by atoms with Crippen molar-refractivity contribution in [2.24, 2.45) is 5.73 Å². The van der Waals surface area contributed by atoms with Crippen LogP contribution < -0.4 is 11.1 Å². The monoisotopic (exact) mass is 185 g/mol. The molecule has 1 rings (SSSR count). The van der Waals surface area contributed by atoms with Gasteiger partial charge in [-0.1, -0.05) is 0 Å². The largest absolute Gasteiger partial charge is 0.360 e. The van der Waals surface area contributed by atoms with Gasteiger partial charge in [-0.3, -0.25) is 0 Å². The molecule has 3 N–H and O–H groups in total. The topological polar surface area (TPSA) is 50.9 Å². The van der Waals surface area contributed by atoms with Crippen LogP contribution in [0.3, 0.4) is 0 Å². The first-order chi connectivity index (χ1) is 5.47. The van der Waals surface area contributed by atoms with Gasteiger partial charge in [-0.05, 0) is 20.8 Å². The Labute approximate surface area is 77.0 Å². The Morgan fingerprint density at radius 1 is 1.67 bits per heavy atom. The van der Waals surface area contributed by atoms with Gasteiger partial charge in [-0.2, -0.15) is 0 Å². The minimum Gasteiger partial charge on any atom is -0.360 e. The van der Waals surface area contributed by atoms with E-state index in [1.54, 1.807) is 11.3 Å². The average molecular weight is 185 g/mol. The van der Waals surface area contributed by atoms with Gasteiger partial charge in [0.2, 0.25) is 0 Å². The molecular weight excluding hydrogens is 170 g/mol. The third-order valence-corrected chi connectivity index (χ3v) is 2.19. The van der Waals surface area contributed by atoms with Gasteiger partial charge in [0.15, 0.2) is 5.13 Å². The predicted molar refractivity (Wildman–Crippen MR) is 53.6 cm³/mol. The van der Waals surface area contributed by atoms with E-state index in [2.05, 4.69) is 10.3 Å². The lowest BCUT2D eigenvalue weighted by atomic mass is 10.1. The van der Waals surface area contributed by atoms with Gasteiger partial charge in [-0.15, -0.1) is 11.3 Å². The zero-order chi connectivity index (χ0) is 9.19. The van der Waals surface area contributed by atoms with E-state index in [1.165, 1.54) is 4.88 Å². The van der Waals surface area contributed by atoms with Crippen molar-refractivity contribution in [2.45, 2.75) is 26.3 Å². The molecule has 0 radical (unpaired) electrons. The number of aryl methyl sites for hydroxylation is 1. The van der Waals surface area contributed by atoms with Gasteiger partial charge < -0.3 is 11.1 Å². The minimum absolute atomic E-state index is 0.181. The Bertz CT molecular complexity index is 249. The molecule has 0 spiro atoms. The van der Waals surface area contributed by atoms with E-state index >= 15 is 0 Å². The molecule has 0 aliphatic heterocycles. The quantitative estimate of drug-likeness (QED) is 0.752. The van der Waals surface area contributed by atoms with Gasteiger partial charge in [-0.25, -0.2) is 4.98 Å². The number of nitrogens with zero attached hydrogens (tertiary/aromatic N) is 1. The molecule has 4 heteroatoms. The zero-order valence-electron chi connectivity index (χ0n) is 7.72. The van der Waals surface area contributed by atoms with Crippen LogP contribution in [0.25, 0.3) is 0 Å². The molecule has 12 heavy (non-hydrogen) atoms. The third-order valence-electron chi connectivity index (χ3n) is 1.32. The van der Waals surface area contributed by atoms with Crippen LogP contribution in [0.2, 0.25) is 0 Å². The minimum atomic E-state index is -0.181. The molecular formula is C8H15N3S. The van der Waals surface area contributed by atoms with Crippen molar-refractivity contribution >= 4 is 16.5 Å². The molecule has 68 valence electrons. The number of anilines is 1. The van der Waals surface area contributed by atoms with Crippen LogP contribution in [0.1, 0.15) is 18.7 Å². The standard InChI is InChI=1S/C8H15N3S/c1-6-4-10-7(12-6)11-5-8(2,3)9/h4H,5,9H2,1-3H3,(H,10,11). The molecule has 0 saturated carbocycles. The maximum Gasteiger partial charge on any atom is 0.182 e. The first-order valence-corrected chi connectivity index (χ1v) is 4.74. The number of nitrogens with one attached hydrogen (secondary N) is 1. The molecule has 3 nitrogen and oxygen atoms in total. The Morgan fingerprint density at radius 3 is 2.75 bits per heavy atom. The number of rotatable bonds is 3. The van der Waals surface area contributed by atoms with Gasteiger partial charge >= 0.3 is 0 Å². The lowest BCUT2D eigenvalue weighted by Gasteiger charge is -2.18. The summed E-state index contributed by atoms with van der Waals surface area (Å²) in [6.45, 7) is 6.76. The fraction of sp³-hybridized carbons (Fsp3) is 0.625. The van der Waals surface area contributed by atoms with Crippen molar-refractivity contribution in [3.8, 4) is 0 Å². The van der Waals surface area contributed by atoms with E-state index in [9.17, 15) is 0 Å². The highest BCUT2D eigenvalue weighted by molar-refractivity contribution is 7.15. The van der Waals surface area contributed by atoms with Crippen LogP contribution in [0.15, 0.2) is 6.20 Å². The van der Waals surface area contributed by atoms with Crippen molar-refractivity contribution in [1.82, 2.24) is 4.98 Å². The van der Waals surface area contributed by atoms with E-state index in [0.29, 0.717) is 0 Å². The fourth-order valence-electron chi connectivity index (χ4n) is 0.740. The van der Waals surface area contributed by atoms with E-state index < -0.39 is 0 Å². The molecule has 0 fully saturated rings. The summed E-state index contributed by atoms with van der Waals surface area (Å²) in [6.07, 6.45) is 1.86. The molecule has 0 amide bonds. The fourth-order valence-corrected chi connectivity index (χ4v) is 1.40. The Hall–Kier alpha value is -0.610. The maximum atomic E-state index is 5.80. The highest BCUT2D eigenvalue weighted by atomic mass is 32.1. The van der Waals surface area contributed by atoms with Crippen molar-refractivity contribution in [3.05, 3.63) is 11.1 Å². The maximum absolute atomic E-state index is 5.80. The normalized spacial score (nSPS) is 11.7. The summed E-state index contributed by atoms with van der Waals surface area (Å²) in [5, 5.41) is 4.14. The van der Waals surface area contributed by atoms with Gasteiger partial charge in [0, 0.05) is 23.2 Å². The van der Waals surface area contributed by atoms with Crippen molar-refractivity contribution in [3.63, 3.8) is 0 Å². The average Bonchev–Trinajstić information content (AvgIpc) is 2.30. The van der Waals surface area contributed by atoms with Crippen LogP contribution >= 0.6 is 11.3 Å². The summed E-state index contributed by atoms with van der Waals surface area (Å²) in [6, 6.07) is 0. The van der Waals surface area contributed by atoms with E-state index in [1.807, 2.05) is 27.0 Å². The number of aromatic nitrogens is 1. The summed E-state index contributed by atoms with van der Waals surface area (Å²) >= 11 is 1.65. The summed E-state index contributed by atoms with van der Waals surface area (Å²) in [5.74, 6) is 0. The highest BCUT2D eigenvalue weighted by Gasteiger charge is 2.10. The lowest BCUT2D eigenvalue weighted by Crippen LogP contribution is -2.39. The first kappa shape index (κ1) is 9.48. The third kappa shape index (κ3) is 3.19. The summed E-state index contributed by atoms with van der Waals surface area (Å²) in [5.41, 5.74) is 5.62. The van der Waals surface area contributed by atoms with E-state index in [-0.39, 0.29) is 5.54 Å². The Balaban J connectivity index is 2.44. The first-order valence-electron chi connectivity index (χ1n) is 3.92. The molecule has 1 heterocycles. The second-order valence-corrected chi connectivity index (χ2v) is 4.85. The molecule has 0 atom stereocenters. The second kappa shape index (κ2) is 3.41. The van der Waals surface area contributed by atoms with Gasteiger partial charge in [0.1, 0.15) is 0 Å². The van der Waals surface area contributed by atoms with Gasteiger partial charge in [0.05, 0.1) is 0 Å². The summed E-state index contributed by atoms with van der Waals surface area (Å²) in [7, 11) is 0. The van der Waals surface area contributed by atoms with E-state index in [4.69, 9.17) is 5.73 Å². The van der Waals surface area contributed by atoms with Crippen LogP contribution in [0, 0.1) is 6.92 Å². The van der Waals surface area contributed by atoms with Crippen LogP contribution in [0.5, 0.6) is 0 Å². The summed E-state index contributed by atoms with van der Waals surface area (Å²) in [4.78, 5) is 5.39. The number of hydrogen-bond acceptors (Lipinski definition) is 4. The zero-order valence-corrected chi connectivity index (χ0v) is 8.53.